The van der Waals surface area contributed by atoms with Crippen molar-refractivity contribution in [2.24, 2.45) is 0 Å². The minimum absolute atomic E-state index is 0.0114. The van der Waals surface area contributed by atoms with Gasteiger partial charge in [-0.2, -0.15) is 0 Å². The summed E-state index contributed by atoms with van der Waals surface area (Å²) in [7, 11) is 0. The van der Waals surface area contributed by atoms with Gasteiger partial charge in [0.2, 0.25) is 11.8 Å². The van der Waals surface area contributed by atoms with Crippen LogP contribution in [0.15, 0.2) is 42.5 Å². The highest BCUT2D eigenvalue weighted by molar-refractivity contribution is 7.99. The Kier molecular flexibility index (Phi) is 9.53. The first-order chi connectivity index (χ1) is 14.2. The number of amides is 2. The predicted molar refractivity (Wildman–Crippen MR) is 127 cm³/mol. The van der Waals surface area contributed by atoms with E-state index in [9.17, 15) is 9.59 Å². The summed E-state index contributed by atoms with van der Waals surface area (Å²) < 4.78 is 0. The van der Waals surface area contributed by atoms with Crippen molar-refractivity contribution in [2.75, 3.05) is 5.75 Å². The second-order valence-corrected chi connectivity index (χ2v) is 9.41. The number of rotatable bonds is 9. The van der Waals surface area contributed by atoms with Crippen LogP contribution in [0.5, 0.6) is 0 Å². The van der Waals surface area contributed by atoms with Gasteiger partial charge in [-0.3, -0.25) is 9.59 Å². The van der Waals surface area contributed by atoms with Gasteiger partial charge in [0.25, 0.3) is 0 Å². The Labute approximate surface area is 193 Å². The molecular weight excluding hydrogens is 439 g/mol. The molecule has 0 saturated carbocycles. The molecule has 2 rings (SSSR count). The zero-order chi connectivity index (χ0) is 22.3. The van der Waals surface area contributed by atoms with Gasteiger partial charge in [0, 0.05) is 28.4 Å². The summed E-state index contributed by atoms with van der Waals surface area (Å²) >= 11 is 13.6. The molecule has 2 aromatic rings. The Bertz CT molecular complexity index is 889. The average molecular weight is 467 g/mol. The molecule has 0 radical (unpaired) electrons. The van der Waals surface area contributed by atoms with Crippen molar-refractivity contribution < 1.29 is 9.59 Å². The van der Waals surface area contributed by atoms with E-state index >= 15 is 0 Å². The summed E-state index contributed by atoms with van der Waals surface area (Å²) in [5.41, 5.74) is 3.04. The molecule has 2 amide bonds. The first-order valence-electron chi connectivity index (χ1n) is 9.84. The maximum absolute atomic E-state index is 13.1. The van der Waals surface area contributed by atoms with Gasteiger partial charge in [-0.15, -0.1) is 11.8 Å². The summed E-state index contributed by atoms with van der Waals surface area (Å²) in [6.45, 7) is 7.98. The third-order valence-electron chi connectivity index (χ3n) is 4.53. The molecule has 0 aliphatic rings. The maximum atomic E-state index is 13.1. The lowest BCUT2D eigenvalue weighted by molar-refractivity contribution is -0.138. The maximum Gasteiger partial charge on any atom is 0.242 e. The molecule has 7 heteroatoms. The first-order valence-corrected chi connectivity index (χ1v) is 11.8. The van der Waals surface area contributed by atoms with Crippen molar-refractivity contribution >= 4 is 46.8 Å². The van der Waals surface area contributed by atoms with Crippen molar-refractivity contribution in [2.45, 2.75) is 52.1 Å². The van der Waals surface area contributed by atoms with E-state index in [1.807, 2.05) is 51.1 Å². The Morgan fingerprint density at radius 1 is 1.10 bits per heavy atom. The molecule has 0 aromatic heterocycles. The van der Waals surface area contributed by atoms with Crippen LogP contribution < -0.4 is 5.32 Å². The van der Waals surface area contributed by atoms with Crippen LogP contribution >= 0.6 is 35.0 Å². The van der Waals surface area contributed by atoms with Crippen molar-refractivity contribution in [3.8, 4) is 0 Å². The molecule has 162 valence electrons. The van der Waals surface area contributed by atoms with E-state index in [1.54, 1.807) is 24.0 Å². The smallest absolute Gasteiger partial charge is 0.242 e. The molecule has 0 heterocycles. The van der Waals surface area contributed by atoms with Gasteiger partial charge in [-0.25, -0.2) is 0 Å². The molecule has 30 heavy (non-hydrogen) atoms. The molecule has 1 atom stereocenters. The number of nitrogens with zero attached hydrogens (tertiary/aromatic N) is 1. The number of aryl methyl sites for hydroxylation is 1. The molecule has 0 saturated heterocycles. The lowest BCUT2D eigenvalue weighted by Crippen LogP contribution is -2.49. The number of carbonyl (C=O) groups is 2. The molecule has 0 aliphatic carbocycles. The van der Waals surface area contributed by atoms with Gasteiger partial charge in [-0.1, -0.05) is 59.1 Å². The van der Waals surface area contributed by atoms with Gasteiger partial charge in [0.05, 0.1) is 5.75 Å². The van der Waals surface area contributed by atoms with E-state index in [2.05, 4.69) is 5.32 Å². The van der Waals surface area contributed by atoms with Crippen molar-refractivity contribution in [1.29, 1.82) is 0 Å². The van der Waals surface area contributed by atoms with Gasteiger partial charge in [-0.05, 0) is 51.0 Å². The third-order valence-corrected chi connectivity index (χ3v) is 6.08. The molecular formula is C23H28Cl2N2O2S. The molecule has 0 bridgehead atoms. The van der Waals surface area contributed by atoms with Crippen molar-refractivity contribution in [3.05, 3.63) is 69.2 Å². The fourth-order valence-electron chi connectivity index (χ4n) is 2.96. The predicted octanol–water partition coefficient (Wildman–Crippen LogP) is 5.48. The van der Waals surface area contributed by atoms with Crippen LogP contribution in [0.2, 0.25) is 10.0 Å². The van der Waals surface area contributed by atoms with Crippen LogP contribution in [0.1, 0.15) is 37.5 Å². The minimum Gasteiger partial charge on any atom is -0.352 e. The quantitative estimate of drug-likeness (QED) is 0.532. The summed E-state index contributed by atoms with van der Waals surface area (Å²) in [5.74, 6) is 0.603. The van der Waals surface area contributed by atoms with E-state index in [-0.39, 0.29) is 23.6 Å². The van der Waals surface area contributed by atoms with Crippen LogP contribution in [0.4, 0.5) is 0 Å². The number of benzene rings is 2. The summed E-state index contributed by atoms with van der Waals surface area (Å²) in [5, 5.41) is 4.07. The molecule has 1 unspecified atom stereocenters. The van der Waals surface area contributed by atoms with E-state index in [1.165, 1.54) is 11.8 Å². The fraction of sp³-hybridized carbons (Fsp3) is 0.391. The highest BCUT2D eigenvalue weighted by Crippen LogP contribution is 2.25. The van der Waals surface area contributed by atoms with Gasteiger partial charge in [0.1, 0.15) is 6.04 Å². The Morgan fingerprint density at radius 2 is 1.83 bits per heavy atom. The molecule has 1 N–H and O–H groups in total. The van der Waals surface area contributed by atoms with Gasteiger partial charge >= 0.3 is 0 Å². The van der Waals surface area contributed by atoms with E-state index < -0.39 is 6.04 Å². The fourth-order valence-corrected chi connectivity index (χ4v) is 4.43. The lowest BCUT2D eigenvalue weighted by Gasteiger charge is -2.29. The zero-order valence-electron chi connectivity index (χ0n) is 17.7. The van der Waals surface area contributed by atoms with Crippen LogP contribution in [0.25, 0.3) is 0 Å². The number of halogens is 2. The van der Waals surface area contributed by atoms with E-state index in [0.29, 0.717) is 22.3 Å². The monoisotopic (exact) mass is 466 g/mol. The molecule has 0 aliphatic heterocycles. The average Bonchev–Trinajstić information content (AvgIpc) is 2.66. The number of thioether (sulfide) groups is 1. The van der Waals surface area contributed by atoms with Crippen molar-refractivity contribution in [1.82, 2.24) is 10.2 Å². The van der Waals surface area contributed by atoms with E-state index in [0.717, 1.165) is 16.7 Å². The lowest BCUT2D eigenvalue weighted by atomic mass is 10.1. The second kappa shape index (κ2) is 11.6. The van der Waals surface area contributed by atoms with Crippen LogP contribution in [0, 0.1) is 6.92 Å². The highest BCUT2D eigenvalue weighted by atomic mass is 35.5. The molecule has 0 spiro atoms. The standard InChI is InChI=1S/C23H28Cl2N2O2S/c1-15(2)26-23(29)17(4)27(12-18-7-5-6-16(3)10-18)22(28)14-30-13-19-8-9-20(24)11-21(19)25/h5-11,15,17H,12-14H2,1-4H3,(H,26,29). The normalized spacial score (nSPS) is 12.0. The first kappa shape index (κ1) is 24.6. The Hall–Kier alpha value is -1.69. The molecule has 4 nitrogen and oxygen atoms in total. The summed E-state index contributed by atoms with van der Waals surface area (Å²) in [6, 6.07) is 12.8. The zero-order valence-corrected chi connectivity index (χ0v) is 20.1. The SMILES string of the molecule is Cc1cccc(CN(C(=O)CSCc2ccc(Cl)cc2Cl)C(C)C(=O)NC(C)C)c1. The summed E-state index contributed by atoms with van der Waals surface area (Å²) in [4.78, 5) is 27.3. The number of nitrogens with one attached hydrogen (secondary N) is 1. The van der Waals surface area contributed by atoms with E-state index in [4.69, 9.17) is 23.2 Å². The Morgan fingerprint density at radius 3 is 2.47 bits per heavy atom. The number of carbonyl (C=O) groups excluding carboxylic acids is 2. The number of hydrogen-bond acceptors (Lipinski definition) is 3. The topological polar surface area (TPSA) is 49.4 Å². The summed E-state index contributed by atoms with van der Waals surface area (Å²) in [6.07, 6.45) is 0. The van der Waals surface area contributed by atoms with Crippen LogP contribution in [-0.2, 0) is 21.9 Å². The second-order valence-electron chi connectivity index (χ2n) is 7.58. The minimum atomic E-state index is -0.569. The molecule has 2 aromatic carbocycles. The van der Waals surface area contributed by atoms with Crippen LogP contribution in [0.3, 0.4) is 0 Å². The van der Waals surface area contributed by atoms with Gasteiger partial charge < -0.3 is 10.2 Å². The third kappa shape index (κ3) is 7.53. The molecule has 0 fully saturated rings. The number of hydrogen-bond donors (Lipinski definition) is 1. The van der Waals surface area contributed by atoms with Gasteiger partial charge in [0.15, 0.2) is 0 Å². The largest absolute Gasteiger partial charge is 0.352 e. The Balaban J connectivity index is 2.09. The highest BCUT2D eigenvalue weighted by Gasteiger charge is 2.26. The van der Waals surface area contributed by atoms with Crippen LogP contribution in [-0.4, -0.2) is 34.6 Å². The van der Waals surface area contributed by atoms with Crippen molar-refractivity contribution in [3.63, 3.8) is 0 Å².